The van der Waals surface area contributed by atoms with Crippen molar-refractivity contribution in [3.05, 3.63) is 107 Å². The van der Waals surface area contributed by atoms with E-state index in [1.54, 1.807) is 36.4 Å². The van der Waals surface area contributed by atoms with Crippen molar-refractivity contribution in [2.75, 3.05) is 0 Å². The molecular formula is C23H12F4N2Pt. The number of hydrogen-bond acceptors (Lipinski definition) is 2. The Morgan fingerprint density at radius 2 is 1.07 bits per heavy atom. The first kappa shape index (κ1) is 21.8. The zero-order valence-electron chi connectivity index (χ0n) is 15.2. The molecule has 0 aliphatic heterocycles. The Bertz CT molecular complexity index is 1080. The third-order valence-electron chi connectivity index (χ3n) is 4.31. The Balaban J connectivity index is 0.00000256. The molecule has 4 aromatic rings. The van der Waals surface area contributed by atoms with Crippen LogP contribution < -0.4 is 0 Å². The second-order valence-corrected chi connectivity index (χ2v) is 6.24. The van der Waals surface area contributed by atoms with Crippen LogP contribution in [-0.2, 0) is 27.5 Å². The van der Waals surface area contributed by atoms with Gasteiger partial charge in [-0.3, -0.25) is 17.6 Å². The maximum atomic E-state index is 14.4. The number of halogens is 4. The van der Waals surface area contributed by atoms with Crippen LogP contribution in [0.3, 0.4) is 0 Å². The molecule has 152 valence electrons. The van der Waals surface area contributed by atoms with Crippen molar-refractivity contribution in [3.63, 3.8) is 0 Å². The molecule has 0 fully saturated rings. The fourth-order valence-electron chi connectivity index (χ4n) is 2.91. The number of aromatic nitrogens is 2. The van der Waals surface area contributed by atoms with Crippen LogP contribution in [0.25, 0.3) is 22.5 Å². The van der Waals surface area contributed by atoms with Crippen LogP contribution in [0.5, 0.6) is 0 Å². The van der Waals surface area contributed by atoms with Crippen molar-refractivity contribution in [1.29, 1.82) is 0 Å². The fraction of sp³-hybridized carbons (Fsp3) is 0.0435. The summed E-state index contributed by atoms with van der Waals surface area (Å²) in [5.41, 5.74) is 0.304. The van der Waals surface area contributed by atoms with Crippen molar-refractivity contribution in [2.45, 2.75) is 6.42 Å². The van der Waals surface area contributed by atoms with Gasteiger partial charge in [-0.15, -0.1) is 12.1 Å². The van der Waals surface area contributed by atoms with Gasteiger partial charge in [-0.05, 0) is 29.9 Å². The van der Waals surface area contributed by atoms with E-state index in [0.29, 0.717) is 12.1 Å². The minimum Gasteiger partial charge on any atom is -0.305 e. The van der Waals surface area contributed by atoms with Crippen molar-refractivity contribution in [2.24, 2.45) is 0 Å². The minimum atomic E-state index is -0.890. The van der Waals surface area contributed by atoms with Crippen LogP contribution >= 0.6 is 0 Å². The molecular weight excluding hydrogens is 575 g/mol. The Hall–Kier alpha value is -2.85. The van der Waals surface area contributed by atoms with Gasteiger partial charge in [-0.2, -0.15) is 0 Å². The summed E-state index contributed by atoms with van der Waals surface area (Å²) in [5.74, 6) is -3.44. The van der Waals surface area contributed by atoms with Gasteiger partial charge in [0.1, 0.15) is 0 Å². The van der Waals surface area contributed by atoms with Crippen molar-refractivity contribution >= 4 is 0 Å². The van der Waals surface area contributed by atoms with E-state index in [4.69, 9.17) is 0 Å². The molecule has 0 N–H and O–H groups in total. The summed E-state index contributed by atoms with van der Waals surface area (Å²) in [6.45, 7) is 0. The van der Waals surface area contributed by atoms with Crippen molar-refractivity contribution in [3.8, 4) is 22.5 Å². The molecule has 2 nitrogen and oxygen atoms in total. The smallest absolute Gasteiger partial charge is 0.305 e. The van der Waals surface area contributed by atoms with E-state index >= 15 is 0 Å². The van der Waals surface area contributed by atoms with Gasteiger partial charge >= 0.3 is 21.1 Å². The minimum absolute atomic E-state index is 0. The largest absolute Gasteiger partial charge is 2.00 e. The van der Waals surface area contributed by atoms with E-state index in [-0.39, 0.29) is 61.1 Å². The summed E-state index contributed by atoms with van der Waals surface area (Å²) in [6.07, 6.45) is 2.65. The Labute approximate surface area is 184 Å². The van der Waals surface area contributed by atoms with Gasteiger partial charge in [0.2, 0.25) is 0 Å². The molecule has 0 saturated heterocycles. The third kappa shape index (κ3) is 4.49. The fourth-order valence-corrected chi connectivity index (χ4v) is 2.91. The van der Waals surface area contributed by atoms with Crippen molar-refractivity contribution < 1.29 is 38.6 Å². The molecule has 2 aromatic heterocycles. The average molecular weight is 587 g/mol. The monoisotopic (exact) mass is 587 g/mol. The second kappa shape index (κ2) is 9.31. The number of pyridine rings is 2. The normalized spacial score (nSPS) is 10.5. The average Bonchev–Trinajstić information content (AvgIpc) is 2.73. The molecule has 0 unspecified atom stereocenters. The molecule has 4 rings (SSSR count). The molecule has 0 atom stereocenters. The maximum Gasteiger partial charge on any atom is 2.00 e. The van der Waals surface area contributed by atoms with E-state index in [0.717, 1.165) is 0 Å². The molecule has 0 amide bonds. The van der Waals surface area contributed by atoms with Gasteiger partial charge in [0.05, 0.1) is 0 Å². The molecule has 0 radical (unpaired) electrons. The molecule has 0 saturated carbocycles. The van der Waals surface area contributed by atoms with E-state index in [1.807, 2.05) is 0 Å². The van der Waals surface area contributed by atoms with Gasteiger partial charge in [0.15, 0.2) is 0 Å². The first-order valence-electron chi connectivity index (χ1n) is 8.66. The Kier molecular flexibility index (Phi) is 6.78. The number of benzene rings is 2. The first-order valence-corrected chi connectivity index (χ1v) is 8.66. The molecule has 0 aliphatic rings. The summed E-state index contributed by atoms with van der Waals surface area (Å²) >= 11 is 0. The van der Waals surface area contributed by atoms with Crippen LogP contribution in [0.2, 0.25) is 0 Å². The Morgan fingerprint density at radius 1 is 0.633 bits per heavy atom. The summed E-state index contributed by atoms with van der Waals surface area (Å²) in [5, 5.41) is 0. The number of hydrogen-bond donors (Lipinski definition) is 0. The standard InChI is InChI=1S/C23H12F4N2.Pt/c24-18-12-20(26)16(22-5-1-3-7-28-22)10-14(18)9-15-11-17(21(27)13-19(15)25)23-6-2-4-8-29-23;/h1-8,12-13H,9H2;/q-2;+2. The van der Waals surface area contributed by atoms with E-state index in [2.05, 4.69) is 22.1 Å². The predicted octanol–water partition coefficient (Wildman–Crippen LogP) is 5.56. The molecule has 7 heteroatoms. The Morgan fingerprint density at radius 3 is 1.43 bits per heavy atom. The van der Waals surface area contributed by atoms with Gasteiger partial charge < -0.3 is 9.97 Å². The van der Waals surface area contributed by atoms with Crippen LogP contribution in [0.15, 0.2) is 60.9 Å². The number of nitrogens with zero attached hydrogens (tertiary/aromatic N) is 2. The van der Waals surface area contributed by atoms with Gasteiger partial charge in [0.25, 0.3) is 0 Å². The second-order valence-electron chi connectivity index (χ2n) is 6.24. The molecule has 0 spiro atoms. The molecule has 30 heavy (non-hydrogen) atoms. The summed E-state index contributed by atoms with van der Waals surface area (Å²) in [7, 11) is 0. The summed E-state index contributed by atoms with van der Waals surface area (Å²) < 4.78 is 57.1. The van der Waals surface area contributed by atoms with E-state index < -0.39 is 23.3 Å². The third-order valence-corrected chi connectivity index (χ3v) is 4.31. The molecule has 2 heterocycles. The van der Waals surface area contributed by atoms with E-state index in [1.165, 1.54) is 12.4 Å². The molecule has 0 aliphatic carbocycles. The topological polar surface area (TPSA) is 25.8 Å². The number of rotatable bonds is 4. The van der Waals surface area contributed by atoms with Gasteiger partial charge in [0, 0.05) is 35.7 Å². The van der Waals surface area contributed by atoms with E-state index in [9.17, 15) is 17.6 Å². The van der Waals surface area contributed by atoms with Gasteiger partial charge in [-0.25, -0.2) is 0 Å². The summed E-state index contributed by atoms with van der Waals surface area (Å²) in [6, 6.07) is 16.4. The van der Waals surface area contributed by atoms with Gasteiger partial charge in [-0.1, -0.05) is 58.7 Å². The van der Waals surface area contributed by atoms with Crippen LogP contribution in [-0.4, -0.2) is 9.97 Å². The molecule has 2 aromatic carbocycles. The first-order chi connectivity index (χ1) is 14.0. The molecule has 0 bridgehead atoms. The van der Waals surface area contributed by atoms with Crippen molar-refractivity contribution in [1.82, 2.24) is 9.97 Å². The SMILES string of the molecule is Fc1cc(F)c(-c2ccccn2)[c-]c1Cc1[c-]c(-c2ccccn2)c(F)cc1F.[Pt+2]. The van der Waals surface area contributed by atoms with Crippen LogP contribution in [0.1, 0.15) is 11.1 Å². The van der Waals surface area contributed by atoms with Crippen LogP contribution in [0.4, 0.5) is 17.6 Å². The summed E-state index contributed by atoms with van der Waals surface area (Å²) in [4.78, 5) is 8.07. The predicted molar refractivity (Wildman–Crippen MR) is 99.7 cm³/mol. The van der Waals surface area contributed by atoms with Crippen LogP contribution in [0, 0.1) is 35.4 Å². The zero-order valence-corrected chi connectivity index (χ0v) is 17.5. The maximum absolute atomic E-state index is 14.4. The zero-order chi connectivity index (χ0) is 20.4. The quantitative estimate of drug-likeness (QED) is 0.231.